The normalized spacial score (nSPS) is 10.9. The fourth-order valence-electron chi connectivity index (χ4n) is 2.24. The van der Waals surface area contributed by atoms with Crippen LogP contribution < -0.4 is 0 Å². The highest BCUT2D eigenvalue weighted by atomic mass is 127. The van der Waals surface area contributed by atoms with E-state index in [0.717, 1.165) is 31.2 Å². The van der Waals surface area contributed by atoms with Gasteiger partial charge in [-0.1, -0.05) is 31.9 Å². The van der Waals surface area contributed by atoms with Crippen LogP contribution in [0, 0.1) is 21.0 Å². The van der Waals surface area contributed by atoms with Gasteiger partial charge in [-0.15, -0.1) is 0 Å². The summed E-state index contributed by atoms with van der Waals surface area (Å²) in [5, 5.41) is 0. The fraction of sp³-hybridized carbons (Fsp3) is 0.294. The van der Waals surface area contributed by atoms with E-state index in [-0.39, 0.29) is 14.7 Å². The molecule has 2 aromatic rings. The van der Waals surface area contributed by atoms with Gasteiger partial charge in [-0.05, 0) is 64.8 Å². The van der Waals surface area contributed by atoms with Gasteiger partial charge in [0.25, 0.3) is 0 Å². The average Bonchev–Trinajstić information content (AvgIpc) is 2.45. The molecule has 0 unspecified atom stereocenters. The molecule has 4 heteroatoms. The average molecular weight is 404 g/mol. The van der Waals surface area contributed by atoms with Crippen LogP contribution in [0.25, 0.3) is 11.1 Å². The van der Waals surface area contributed by atoms with Crippen LogP contribution in [-0.4, -0.2) is 0 Å². The summed E-state index contributed by atoms with van der Waals surface area (Å²) < 4.78 is 41.2. The van der Waals surface area contributed by atoms with Gasteiger partial charge >= 0.3 is 0 Å². The molecule has 0 aliphatic carbocycles. The molecule has 0 spiro atoms. The highest BCUT2D eigenvalue weighted by Gasteiger charge is 2.12. The van der Waals surface area contributed by atoms with Gasteiger partial charge in [0.2, 0.25) is 0 Å². The maximum absolute atomic E-state index is 14.2. The molecule has 0 atom stereocenters. The van der Waals surface area contributed by atoms with Gasteiger partial charge in [-0.3, -0.25) is 0 Å². The molecular formula is C17H16F3I. The largest absolute Gasteiger partial charge is 0.206 e. The predicted octanol–water partition coefficient (Wildman–Crippen LogP) is 6.11. The Labute approximate surface area is 136 Å². The first-order chi connectivity index (χ1) is 10.0. The second-order valence-corrected chi connectivity index (χ2v) is 6.10. The first-order valence-electron chi connectivity index (χ1n) is 6.96. The van der Waals surface area contributed by atoms with Crippen molar-refractivity contribution in [1.82, 2.24) is 0 Å². The van der Waals surface area contributed by atoms with Gasteiger partial charge in [0.1, 0.15) is 17.5 Å². The van der Waals surface area contributed by atoms with Crippen molar-refractivity contribution in [2.75, 3.05) is 0 Å². The molecule has 0 bridgehead atoms. The number of hydrogen-bond acceptors (Lipinski definition) is 0. The number of hydrogen-bond donors (Lipinski definition) is 0. The molecule has 0 aliphatic rings. The number of benzene rings is 2. The molecule has 2 aromatic carbocycles. The Balaban J connectivity index is 2.29. The minimum Gasteiger partial charge on any atom is -0.206 e. The summed E-state index contributed by atoms with van der Waals surface area (Å²) in [5.41, 5.74) is 1.36. The van der Waals surface area contributed by atoms with E-state index in [1.165, 1.54) is 18.2 Å². The monoisotopic (exact) mass is 404 g/mol. The molecule has 21 heavy (non-hydrogen) atoms. The van der Waals surface area contributed by atoms with Crippen molar-refractivity contribution < 1.29 is 13.2 Å². The Morgan fingerprint density at radius 2 is 1.57 bits per heavy atom. The number of unbranched alkanes of at least 4 members (excludes halogenated alkanes) is 2. The van der Waals surface area contributed by atoms with E-state index in [1.54, 1.807) is 28.7 Å². The maximum Gasteiger partial charge on any atom is 0.140 e. The molecule has 0 N–H and O–H groups in total. The molecular weight excluding hydrogens is 388 g/mol. The molecule has 0 nitrogen and oxygen atoms in total. The van der Waals surface area contributed by atoms with E-state index in [2.05, 4.69) is 6.92 Å². The van der Waals surface area contributed by atoms with Crippen molar-refractivity contribution in [2.24, 2.45) is 0 Å². The van der Waals surface area contributed by atoms with Crippen LogP contribution in [0.1, 0.15) is 31.7 Å². The zero-order valence-electron chi connectivity index (χ0n) is 11.7. The lowest BCUT2D eigenvalue weighted by molar-refractivity contribution is 0.570. The van der Waals surface area contributed by atoms with Gasteiger partial charge in [0.15, 0.2) is 0 Å². The smallest absolute Gasteiger partial charge is 0.140 e. The van der Waals surface area contributed by atoms with Crippen molar-refractivity contribution in [3.05, 3.63) is 56.9 Å². The second kappa shape index (κ2) is 7.29. The van der Waals surface area contributed by atoms with Gasteiger partial charge in [-0.2, -0.15) is 0 Å². The van der Waals surface area contributed by atoms with Crippen LogP contribution in [-0.2, 0) is 6.42 Å². The third kappa shape index (κ3) is 3.99. The van der Waals surface area contributed by atoms with Crippen molar-refractivity contribution in [3.63, 3.8) is 0 Å². The van der Waals surface area contributed by atoms with Gasteiger partial charge in [-0.25, -0.2) is 13.2 Å². The van der Waals surface area contributed by atoms with Crippen LogP contribution in [0.2, 0.25) is 0 Å². The molecule has 0 fully saturated rings. The van der Waals surface area contributed by atoms with E-state index in [0.29, 0.717) is 0 Å². The van der Waals surface area contributed by atoms with E-state index >= 15 is 0 Å². The summed E-state index contributed by atoms with van der Waals surface area (Å²) in [6, 6.07) is 7.21. The standard InChI is InChI=1S/C17H16F3I/c1-2-3-4-5-11-6-7-13(14(18)8-11)12-9-15(19)17(21)16(20)10-12/h6-10H,2-5H2,1H3. The second-order valence-electron chi connectivity index (χ2n) is 5.03. The van der Waals surface area contributed by atoms with Crippen LogP contribution >= 0.6 is 22.6 Å². The molecule has 0 saturated heterocycles. The minimum absolute atomic E-state index is 0.0760. The van der Waals surface area contributed by atoms with Gasteiger partial charge in [0, 0.05) is 5.56 Å². The Morgan fingerprint density at radius 1 is 0.905 bits per heavy atom. The highest BCUT2D eigenvalue weighted by molar-refractivity contribution is 14.1. The molecule has 0 radical (unpaired) electrons. The minimum atomic E-state index is -0.669. The van der Waals surface area contributed by atoms with E-state index in [9.17, 15) is 13.2 Å². The third-order valence-corrected chi connectivity index (χ3v) is 4.43. The third-order valence-electron chi connectivity index (χ3n) is 3.40. The van der Waals surface area contributed by atoms with Crippen LogP contribution in [0.4, 0.5) is 13.2 Å². The van der Waals surface area contributed by atoms with Gasteiger partial charge < -0.3 is 0 Å². The summed E-state index contributed by atoms with van der Waals surface area (Å²) in [7, 11) is 0. The quantitative estimate of drug-likeness (QED) is 0.321. The molecule has 0 saturated carbocycles. The van der Waals surface area contributed by atoms with E-state index in [4.69, 9.17) is 0 Å². The van der Waals surface area contributed by atoms with Crippen LogP contribution in [0.5, 0.6) is 0 Å². The zero-order chi connectivity index (χ0) is 15.4. The van der Waals surface area contributed by atoms with Crippen molar-refractivity contribution in [3.8, 4) is 11.1 Å². The van der Waals surface area contributed by atoms with Crippen molar-refractivity contribution >= 4 is 22.6 Å². The van der Waals surface area contributed by atoms with Crippen molar-refractivity contribution in [1.29, 1.82) is 0 Å². The summed E-state index contributed by atoms with van der Waals surface area (Å²) >= 11 is 1.59. The highest BCUT2D eigenvalue weighted by Crippen LogP contribution is 2.28. The molecule has 0 amide bonds. The van der Waals surface area contributed by atoms with E-state index < -0.39 is 17.5 Å². The number of halogens is 4. The Morgan fingerprint density at radius 3 is 2.14 bits per heavy atom. The first-order valence-corrected chi connectivity index (χ1v) is 8.04. The molecule has 0 aliphatic heterocycles. The van der Waals surface area contributed by atoms with Gasteiger partial charge in [0.05, 0.1) is 3.57 Å². The number of aryl methyl sites for hydroxylation is 1. The topological polar surface area (TPSA) is 0 Å². The lowest BCUT2D eigenvalue weighted by atomic mass is 10.0. The molecule has 2 rings (SSSR count). The number of rotatable bonds is 5. The summed E-state index contributed by atoms with van der Waals surface area (Å²) in [4.78, 5) is 0. The molecule has 0 aromatic heterocycles. The summed E-state index contributed by atoms with van der Waals surface area (Å²) in [6.45, 7) is 2.11. The van der Waals surface area contributed by atoms with Crippen molar-refractivity contribution in [2.45, 2.75) is 32.6 Å². The zero-order valence-corrected chi connectivity index (χ0v) is 13.9. The Kier molecular flexibility index (Phi) is 5.67. The van der Waals surface area contributed by atoms with Crippen LogP contribution in [0.15, 0.2) is 30.3 Å². The summed E-state index contributed by atoms with van der Waals surface area (Å²) in [5.74, 6) is -1.78. The van der Waals surface area contributed by atoms with E-state index in [1.807, 2.05) is 6.07 Å². The SMILES string of the molecule is CCCCCc1ccc(-c2cc(F)c(I)c(F)c2)c(F)c1. The molecule has 112 valence electrons. The fourth-order valence-corrected chi connectivity index (χ4v) is 2.55. The molecule has 0 heterocycles. The lowest BCUT2D eigenvalue weighted by Crippen LogP contribution is -1.94. The Bertz CT molecular complexity index is 615. The lowest BCUT2D eigenvalue weighted by Gasteiger charge is -2.08. The summed E-state index contributed by atoms with van der Waals surface area (Å²) in [6.07, 6.45) is 4.06. The maximum atomic E-state index is 14.2. The predicted molar refractivity (Wildman–Crippen MR) is 87.7 cm³/mol. The first kappa shape index (κ1) is 16.3. The van der Waals surface area contributed by atoms with Crippen LogP contribution in [0.3, 0.4) is 0 Å². The Hall–Kier alpha value is -1.04.